The quantitative estimate of drug-likeness (QED) is 0.312. The number of ether oxygens (including phenoxy) is 2. The van der Waals surface area contributed by atoms with Gasteiger partial charge in [-0.3, -0.25) is 4.79 Å². The number of carbonyl (C=O) groups is 1. The molecule has 0 N–H and O–H groups in total. The lowest BCUT2D eigenvalue weighted by molar-refractivity contribution is -0.137. The number of likely N-dealkylation sites (N-methyl/N-ethyl adjacent to an activating group) is 1. The number of methoxy groups -OCH3 is 2. The van der Waals surface area contributed by atoms with Crippen molar-refractivity contribution in [1.82, 2.24) is 4.90 Å². The van der Waals surface area contributed by atoms with Crippen LogP contribution in [-0.2, 0) is 16.3 Å². The molecule has 1 aliphatic heterocycles. The Balaban J connectivity index is 1.83. The lowest BCUT2D eigenvalue weighted by atomic mass is 9.70. The van der Waals surface area contributed by atoms with E-state index in [0.717, 1.165) is 49.8 Å². The van der Waals surface area contributed by atoms with Crippen molar-refractivity contribution in [3.63, 3.8) is 0 Å². The maximum absolute atomic E-state index is 13.3. The molecule has 2 unspecified atom stereocenters. The fourth-order valence-corrected chi connectivity index (χ4v) is 5.70. The molecule has 2 atom stereocenters. The van der Waals surface area contributed by atoms with Gasteiger partial charge in [0.05, 0.1) is 24.3 Å². The van der Waals surface area contributed by atoms with E-state index < -0.39 is 11.7 Å². The molecule has 0 aliphatic carbocycles. The molecule has 8 heteroatoms. The lowest BCUT2D eigenvalue weighted by Gasteiger charge is -2.45. The first-order valence-electron chi connectivity index (χ1n) is 11.3. The van der Waals surface area contributed by atoms with E-state index in [1.807, 2.05) is 18.2 Å². The third-order valence-electron chi connectivity index (χ3n) is 6.60. The molecule has 1 heterocycles. The number of ketones is 1. The van der Waals surface area contributed by atoms with Crippen LogP contribution in [0.4, 0.5) is 13.2 Å². The first-order chi connectivity index (χ1) is 16.1. The molecule has 0 radical (unpaired) electrons. The topological polar surface area (TPSA) is 38.8 Å². The Labute approximate surface area is 203 Å². The van der Waals surface area contributed by atoms with Crippen molar-refractivity contribution >= 4 is 17.5 Å². The molecule has 0 aromatic heterocycles. The summed E-state index contributed by atoms with van der Waals surface area (Å²) in [7, 11) is 5.10. The summed E-state index contributed by atoms with van der Waals surface area (Å²) in [4.78, 5) is 15.8. The SMILES string of the molecule is COc1cc(C(F)(F)F)cc(SC)c1C(=O)CCCC1(c2ccccc2)CC(OC)CN(C)C1. The zero-order valence-electron chi connectivity index (χ0n) is 20.1. The highest BCUT2D eigenvalue weighted by molar-refractivity contribution is 7.98. The number of benzene rings is 2. The summed E-state index contributed by atoms with van der Waals surface area (Å²) >= 11 is 1.12. The van der Waals surface area contributed by atoms with Gasteiger partial charge in [-0.05, 0) is 50.3 Å². The molecular weight excluding hydrogens is 463 g/mol. The second kappa shape index (κ2) is 11.1. The van der Waals surface area contributed by atoms with Crippen LogP contribution in [0.25, 0.3) is 0 Å². The molecule has 34 heavy (non-hydrogen) atoms. The van der Waals surface area contributed by atoms with Crippen molar-refractivity contribution in [2.45, 2.75) is 48.3 Å². The van der Waals surface area contributed by atoms with Crippen molar-refractivity contribution < 1.29 is 27.4 Å². The van der Waals surface area contributed by atoms with E-state index >= 15 is 0 Å². The summed E-state index contributed by atoms with van der Waals surface area (Å²) in [5.74, 6) is -0.232. The average Bonchev–Trinajstić information content (AvgIpc) is 2.82. The summed E-state index contributed by atoms with van der Waals surface area (Å²) in [6.45, 7) is 1.70. The minimum atomic E-state index is -4.51. The average molecular weight is 496 g/mol. The van der Waals surface area contributed by atoms with Crippen LogP contribution in [0.3, 0.4) is 0 Å². The van der Waals surface area contributed by atoms with Gasteiger partial charge in [0, 0.05) is 36.9 Å². The van der Waals surface area contributed by atoms with Crippen molar-refractivity contribution in [3.05, 3.63) is 59.2 Å². The predicted octanol–water partition coefficient (Wildman–Crippen LogP) is 6.08. The summed E-state index contributed by atoms with van der Waals surface area (Å²) in [6.07, 6.45) is -0.296. The van der Waals surface area contributed by atoms with Crippen molar-refractivity contribution in [2.75, 3.05) is 40.6 Å². The molecule has 1 fully saturated rings. The maximum Gasteiger partial charge on any atom is 0.416 e. The fourth-order valence-electron chi connectivity index (χ4n) is 5.04. The Morgan fingerprint density at radius 1 is 1.21 bits per heavy atom. The van der Waals surface area contributed by atoms with E-state index in [4.69, 9.17) is 9.47 Å². The number of alkyl halides is 3. The van der Waals surface area contributed by atoms with Crippen LogP contribution in [0.1, 0.15) is 47.2 Å². The number of halogens is 3. The Kier molecular flexibility index (Phi) is 8.71. The molecule has 0 saturated carbocycles. The van der Waals surface area contributed by atoms with E-state index in [0.29, 0.717) is 6.42 Å². The molecule has 0 bridgehead atoms. The molecule has 2 aromatic carbocycles. The number of Topliss-reactive ketones (excluding diaryl/α,β-unsaturated/α-hetero) is 1. The number of hydrogen-bond acceptors (Lipinski definition) is 5. The summed E-state index contributed by atoms with van der Waals surface area (Å²) in [6, 6.07) is 12.2. The molecule has 3 rings (SSSR count). The van der Waals surface area contributed by atoms with Gasteiger partial charge in [0.25, 0.3) is 0 Å². The van der Waals surface area contributed by atoms with Crippen LogP contribution < -0.4 is 4.74 Å². The smallest absolute Gasteiger partial charge is 0.416 e. The highest BCUT2D eigenvalue weighted by Gasteiger charge is 2.40. The van der Waals surface area contributed by atoms with E-state index in [2.05, 4.69) is 24.1 Å². The molecule has 0 amide bonds. The van der Waals surface area contributed by atoms with Gasteiger partial charge in [0.1, 0.15) is 5.75 Å². The third kappa shape index (κ3) is 5.96. The Morgan fingerprint density at radius 3 is 2.50 bits per heavy atom. The van der Waals surface area contributed by atoms with Crippen LogP contribution in [0.2, 0.25) is 0 Å². The molecular formula is C26H32F3NO3S. The monoisotopic (exact) mass is 495 g/mol. The van der Waals surface area contributed by atoms with Gasteiger partial charge in [-0.2, -0.15) is 13.2 Å². The van der Waals surface area contributed by atoms with Gasteiger partial charge >= 0.3 is 6.18 Å². The molecule has 4 nitrogen and oxygen atoms in total. The van der Waals surface area contributed by atoms with Gasteiger partial charge in [-0.15, -0.1) is 11.8 Å². The standard InChI is InChI=1S/C26H32F3NO3S/c1-30-16-20(32-2)15-25(17-30,18-9-6-5-7-10-18)12-8-11-21(31)24-22(33-3)13-19(26(27,28)29)14-23(24)34-4/h5-7,9-10,13-14,20H,8,11-12,15-17H2,1-4H3. The summed E-state index contributed by atoms with van der Waals surface area (Å²) in [5.41, 5.74) is 0.464. The van der Waals surface area contributed by atoms with Gasteiger partial charge in [0.15, 0.2) is 5.78 Å². The highest BCUT2D eigenvalue weighted by Crippen LogP contribution is 2.41. The van der Waals surface area contributed by atoms with Gasteiger partial charge in [0.2, 0.25) is 0 Å². The number of hydrogen-bond donors (Lipinski definition) is 0. The Hall–Kier alpha value is -2.03. The normalized spacial score (nSPS) is 21.4. The third-order valence-corrected chi connectivity index (χ3v) is 7.36. The molecule has 0 spiro atoms. The van der Waals surface area contributed by atoms with E-state index in [1.165, 1.54) is 12.7 Å². The second-order valence-electron chi connectivity index (χ2n) is 8.94. The van der Waals surface area contributed by atoms with Crippen LogP contribution in [0.15, 0.2) is 47.4 Å². The van der Waals surface area contributed by atoms with Crippen molar-refractivity contribution in [3.8, 4) is 5.75 Å². The second-order valence-corrected chi connectivity index (χ2v) is 9.78. The Morgan fingerprint density at radius 2 is 1.91 bits per heavy atom. The molecule has 2 aromatic rings. The number of nitrogens with zero attached hydrogens (tertiary/aromatic N) is 1. The number of carbonyl (C=O) groups excluding carboxylic acids is 1. The lowest BCUT2D eigenvalue weighted by Crippen LogP contribution is -2.51. The van der Waals surface area contributed by atoms with Crippen LogP contribution >= 0.6 is 11.8 Å². The van der Waals surface area contributed by atoms with Crippen LogP contribution in [0, 0.1) is 0 Å². The van der Waals surface area contributed by atoms with Crippen LogP contribution in [0.5, 0.6) is 5.75 Å². The molecule has 186 valence electrons. The van der Waals surface area contributed by atoms with Gasteiger partial charge in [-0.1, -0.05) is 30.3 Å². The van der Waals surface area contributed by atoms with E-state index in [9.17, 15) is 18.0 Å². The summed E-state index contributed by atoms with van der Waals surface area (Å²) < 4.78 is 50.8. The fraction of sp³-hybridized carbons (Fsp3) is 0.500. The predicted molar refractivity (Wildman–Crippen MR) is 129 cm³/mol. The molecule has 1 aliphatic rings. The number of thioether (sulfide) groups is 1. The minimum absolute atomic E-state index is 0.0289. The first-order valence-corrected chi connectivity index (χ1v) is 12.5. The minimum Gasteiger partial charge on any atom is -0.496 e. The Bertz CT molecular complexity index is 958. The summed E-state index contributed by atoms with van der Waals surface area (Å²) in [5, 5.41) is 0. The van der Waals surface area contributed by atoms with Gasteiger partial charge < -0.3 is 14.4 Å². The van der Waals surface area contributed by atoms with E-state index in [1.54, 1.807) is 13.4 Å². The molecule has 1 saturated heterocycles. The zero-order valence-corrected chi connectivity index (χ0v) is 20.9. The highest BCUT2D eigenvalue weighted by atomic mass is 32.2. The first kappa shape index (κ1) is 26.6. The van der Waals surface area contributed by atoms with Gasteiger partial charge in [-0.25, -0.2) is 0 Å². The van der Waals surface area contributed by atoms with Crippen molar-refractivity contribution in [2.24, 2.45) is 0 Å². The number of rotatable bonds is 9. The number of likely N-dealkylation sites (tertiary alicyclic amines) is 1. The van der Waals surface area contributed by atoms with E-state index in [-0.39, 0.29) is 39.9 Å². The largest absolute Gasteiger partial charge is 0.496 e. The maximum atomic E-state index is 13.3. The zero-order chi connectivity index (χ0) is 24.9. The number of piperidine rings is 1. The van der Waals surface area contributed by atoms with Crippen molar-refractivity contribution in [1.29, 1.82) is 0 Å². The van der Waals surface area contributed by atoms with Crippen LogP contribution in [-0.4, -0.2) is 57.4 Å².